The quantitative estimate of drug-likeness (QED) is 0.354. The standard InChI is InChI=1S/C5H6F6.C3H6F2.C3H6O.C3H8.C2H6O.2CH4/c1-3(2,4(6,7)8)5(9,10)11;1-3(2,4)5;1-3(2)4;2*1-3-2;;/h1-2H3;1-2H3;1-2H3;3H2,1-2H3;1-2H3;2*1H4. The van der Waals surface area contributed by atoms with Crippen molar-refractivity contribution in [2.75, 3.05) is 14.2 Å². The number of methoxy groups -OCH3 is 1. The van der Waals surface area contributed by atoms with Gasteiger partial charge in [-0.25, -0.2) is 8.78 Å². The van der Waals surface area contributed by atoms with E-state index in [1.807, 2.05) is 0 Å². The molecule has 0 aliphatic heterocycles. The largest absolute Gasteiger partial charge is 0.402 e. The van der Waals surface area contributed by atoms with Crippen molar-refractivity contribution in [3.8, 4) is 0 Å². The number of hydrogen-bond donors (Lipinski definition) is 0. The molecule has 0 fully saturated rings. The number of halogens is 8. The summed E-state index contributed by atoms with van der Waals surface area (Å²) in [6.45, 7) is 9.22. The van der Waals surface area contributed by atoms with Gasteiger partial charge in [-0.2, -0.15) is 26.3 Å². The summed E-state index contributed by atoms with van der Waals surface area (Å²) in [5.74, 6) is -2.33. The normalized spacial score (nSPS) is 10.4. The molecule has 180 valence electrons. The van der Waals surface area contributed by atoms with Crippen LogP contribution in [0, 0.1) is 5.41 Å². The number of carbonyl (C=O) groups is 1. The highest BCUT2D eigenvalue weighted by molar-refractivity contribution is 5.72. The van der Waals surface area contributed by atoms with Crippen LogP contribution in [-0.2, 0) is 9.53 Å². The van der Waals surface area contributed by atoms with E-state index < -0.39 is 23.7 Å². The highest BCUT2D eigenvalue weighted by Crippen LogP contribution is 2.49. The van der Waals surface area contributed by atoms with Crippen LogP contribution in [0.1, 0.15) is 76.7 Å². The molecule has 0 aromatic heterocycles. The lowest BCUT2D eigenvalue weighted by Crippen LogP contribution is -2.44. The minimum atomic E-state index is -5.24. The third kappa shape index (κ3) is 49.8. The third-order valence-electron chi connectivity index (χ3n) is 1.42. The average molecular weight is 441 g/mol. The van der Waals surface area contributed by atoms with Crippen molar-refractivity contribution in [1.29, 1.82) is 0 Å². The Morgan fingerprint density at radius 3 is 0.786 bits per heavy atom. The Hall–Kier alpha value is -0.930. The molecule has 28 heavy (non-hydrogen) atoms. The van der Waals surface area contributed by atoms with Crippen molar-refractivity contribution in [1.82, 2.24) is 0 Å². The summed E-state index contributed by atoms with van der Waals surface area (Å²) >= 11 is 0. The Morgan fingerprint density at radius 2 is 0.786 bits per heavy atom. The molecule has 0 aromatic carbocycles. The molecular formula is C18H40F8O2. The van der Waals surface area contributed by atoms with Crippen LogP contribution >= 0.6 is 0 Å². The van der Waals surface area contributed by atoms with Crippen LogP contribution in [0.2, 0.25) is 0 Å². The third-order valence-corrected chi connectivity index (χ3v) is 1.42. The van der Waals surface area contributed by atoms with E-state index in [2.05, 4.69) is 18.6 Å². The first-order chi connectivity index (χ1) is 11.1. The maximum Gasteiger partial charge on any atom is 0.402 e. The van der Waals surface area contributed by atoms with Crippen molar-refractivity contribution >= 4 is 5.78 Å². The van der Waals surface area contributed by atoms with Gasteiger partial charge in [0.2, 0.25) is 5.92 Å². The van der Waals surface area contributed by atoms with Gasteiger partial charge in [-0.1, -0.05) is 35.1 Å². The lowest BCUT2D eigenvalue weighted by atomic mass is 9.92. The van der Waals surface area contributed by atoms with E-state index in [1.165, 1.54) is 20.3 Å². The van der Waals surface area contributed by atoms with E-state index in [0.29, 0.717) is 0 Å². The molecule has 0 bridgehead atoms. The Kier molecular flexibility index (Phi) is 33.9. The Labute approximate surface area is 166 Å². The van der Waals surface area contributed by atoms with Crippen LogP contribution in [-0.4, -0.2) is 38.3 Å². The molecule has 0 saturated carbocycles. The van der Waals surface area contributed by atoms with E-state index in [-0.39, 0.29) is 34.5 Å². The molecule has 10 heteroatoms. The summed E-state index contributed by atoms with van der Waals surface area (Å²) in [6, 6.07) is 0. The molecule has 0 aliphatic rings. The molecule has 0 atom stereocenters. The fourth-order valence-electron chi connectivity index (χ4n) is 0.161. The number of ketones is 1. The summed E-state index contributed by atoms with van der Waals surface area (Å²) in [4.78, 5) is 9.44. The number of alkyl halides is 8. The number of Topliss-reactive ketones (excluding diaryl/α,β-unsaturated/α-hetero) is 1. The van der Waals surface area contributed by atoms with Gasteiger partial charge >= 0.3 is 12.4 Å². The highest BCUT2D eigenvalue weighted by Gasteiger charge is 2.64. The van der Waals surface area contributed by atoms with E-state index >= 15 is 0 Å². The maximum atomic E-state index is 11.6. The smallest absolute Gasteiger partial charge is 0.388 e. The number of rotatable bonds is 0. The minimum absolute atomic E-state index is 0. The summed E-state index contributed by atoms with van der Waals surface area (Å²) < 4.78 is 95.9. The predicted molar refractivity (Wildman–Crippen MR) is 101 cm³/mol. The number of hydrogen-bond acceptors (Lipinski definition) is 2. The SMILES string of the molecule is C.C.CC(C)(C(F)(F)F)C(F)(F)F.CC(C)(F)F.CC(C)=O.CCC.COC. The Balaban J connectivity index is -0.0000000440. The summed E-state index contributed by atoms with van der Waals surface area (Å²) in [6.07, 6.45) is -9.24. The molecule has 0 rings (SSSR count). The molecule has 0 saturated heterocycles. The zero-order chi connectivity index (χ0) is 23.0. The highest BCUT2D eigenvalue weighted by atomic mass is 19.4. The van der Waals surface area contributed by atoms with Gasteiger partial charge in [0.15, 0.2) is 5.41 Å². The van der Waals surface area contributed by atoms with Crippen molar-refractivity contribution in [3.63, 3.8) is 0 Å². The van der Waals surface area contributed by atoms with Crippen LogP contribution < -0.4 is 0 Å². The lowest BCUT2D eigenvalue weighted by molar-refractivity contribution is -0.327. The zero-order valence-corrected chi connectivity index (χ0v) is 17.0. The summed E-state index contributed by atoms with van der Waals surface area (Å²) in [7, 11) is 3.25. The Morgan fingerprint density at radius 1 is 0.714 bits per heavy atom. The second-order valence-corrected chi connectivity index (χ2v) is 5.97. The minimum Gasteiger partial charge on any atom is -0.388 e. The summed E-state index contributed by atoms with van der Waals surface area (Å²) in [5, 5.41) is 0. The van der Waals surface area contributed by atoms with Gasteiger partial charge in [-0.05, 0) is 41.5 Å². The lowest BCUT2D eigenvalue weighted by Gasteiger charge is -2.29. The molecule has 0 amide bonds. The van der Waals surface area contributed by atoms with Gasteiger partial charge < -0.3 is 9.53 Å². The van der Waals surface area contributed by atoms with Gasteiger partial charge in [-0.3, -0.25) is 0 Å². The molecule has 0 aliphatic carbocycles. The van der Waals surface area contributed by atoms with Gasteiger partial charge in [0.05, 0.1) is 0 Å². The van der Waals surface area contributed by atoms with Gasteiger partial charge in [-0.15, -0.1) is 0 Å². The predicted octanol–water partition coefficient (Wildman–Crippen LogP) is 8.35. The fourth-order valence-corrected chi connectivity index (χ4v) is 0.161. The van der Waals surface area contributed by atoms with E-state index in [0.717, 1.165) is 13.8 Å². The molecule has 0 unspecified atom stereocenters. The molecule has 0 N–H and O–H groups in total. The second-order valence-electron chi connectivity index (χ2n) is 5.97. The molecule has 0 spiro atoms. The van der Waals surface area contributed by atoms with Crippen molar-refractivity contribution in [2.45, 2.75) is 94.9 Å². The van der Waals surface area contributed by atoms with Crippen molar-refractivity contribution < 1.29 is 44.7 Å². The molecule has 0 radical (unpaired) electrons. The van der Waals surface area contributed by atoms with Crippen LogP contribution in [0.3, 0.4) is 0 Å². The number of carbonyl (C=O) groups excluding carboxylic acids is 1. The molecule has 0 aromatic rings. The van der Waals surface area contributed by atoms with E-state index in [9.17, 15) is 39.9 Å². The Bertz CT molecular complexity index is 289. The number of ether oxygens (including phenoxy) is 1. The summed E-state index contributed by atoms with van der Waals surface area (Å²) in [5.41, 5.74) is -3.62. The topological polar surface area (TPSA) is 26.3 Å². The van der Waals surface area contributed by atoms with E-state index in [1.54, 1.807) is 14.2 Å². The van der Waals surface area contributed by atoms with Crippen LogP contribution in [0.25, 0.3) is 0 Å². The fraction of sp³-hybridized carbons (Fsp3) is 0.944. The van der Waals surface area contributed by atoms with E-state index in [4.69, 9.17) is 0 Å². The van der Waals surface area contributed by atoms with Crippen LogP contribution in [0.4, 0.5) is 35.1 Å². The molecular weight excluding hydrogens is 400 g/mol. The van der Waals surface area contributed by atoms with Crippen LogP contribution in [0.15, 0.2) is 0 Å². The van der Waals surface area contributed by atoms with Crippen molar-refractivity contribution in [2.24, 2.45) is 5.41 Å². The van der Waals surface area contributed by atoms with Gasteiger partial charge in [0.25, 0.3) is 0 Å². The molecule has 0 heterocycles. The first-order valence-electron chi connectivity index (χ1n) is 7.45. The van der Waals surface area contributed by atoms with Crippen LogP contribution in [0.5, 0.6) is 0 Å². The average Bonchev–Trinajstić information content (AvgIpc) is 2.24. The zero-order valence-electron chi connectivity index (χ0n) is 17.0. The molecule has 2 nitrogen and oxygen atoms in total. The first kappa shape index (κ1) is 45.7. The monoisotopic (exact) mass is 440 g/mol. The maximum absolute atomic E-state index is 11.6. The second kappa shape index (κ2) is 20.8. The van der Waals surface area contributed by atoms with Gasteiger partial charge in [0.1, 0.15) is 5.78 Å². The van der Waals surface area contributed by atoms with Crippen molar-refractivity contribution in [3.05, 3.63) is 0 Å². The first-order valence-corrected chi connectivity index (χ1v) is 7.45. The van der Waals surface area contributed by atoms with Gasteiger partial charge in [0, 0.05) is 14.2 Å².